The number of hydrogen-bond acceptors (Lipinski definition) is 6. The van der Waals surface area contributed by atoms with Crippen molar-refractivity contribution in [2.45, 2.75) is 24.2 Å². The quantitative estimate of drug-likeness (QED) is 0.165. The number of rotatable bonds is 10. The fourth-order valence-electron chi connectivity index (χ4n) is 3.18. The predicted octanol–water partition coefficient (Wildman–Crippen LogP) is 5.94. The van der Waals surface area contributed by atoms with Crippen LogP contribution in [0.3, 0.4) is 0 Å². The summed E-state index contributed by atoms with van der Waals surface area (Å²) in [7, 11) is 3.03. The third kappa shape index (κ3) is 5.05. The molecule has 3 aromatic rings. The van der Waals surface area contributed by atoms with Gasteiger partial charge < -0.3 is 18.6 Å². The van der Waals surface area contributed by atoms with Gasteiger partial charge in [-0.1, -0.05) is 6.07 Å². The van der Waals surface area contributed by atoms with E-state index in [0.717, 1.165) is 39.2 Å². The molecule has 0 saturated heterocycles. The third-order valence-corrected chi connectivity index (χ3v) is 5.81. The van der Waals surface area contributed by atoms with Crippen molar-refractivity contribution < 1.29 is 23.4 Å². The highest BCUT2D eigenvalue weighted by atomic mass is 35.5. The SMILES string of the molecule is COC(=O)CCc1ccc2oc(-c3ccc(OC)cc3OCCCCl)c(SC)c2c1. The number of methoxy groups -OCH3 is 2. The largest absolute Gasteiger partial charge is 0.497 e. The van der Waals surface area contributed by atoms with Crippen molar-refractivity contribution in [3.05, 3.63) is 42.0 Å². The van der Waals surface area contributed by atoms with Crippen LogP contribution in [0, 0.1) is 0 Å². The Hall–Kier alpha value is -2.31. The van der Waals surface area contributed by atoms with Crippen LogP contribution in [0.15, 0.2) is 45.7 Å². The summed E-state index contributed by atoms with van der Waals surface area (Å²) in [4.78, 5) is 12.5. The number of furan rings is 1. The first-order chi connectivity index (χ1) is 14.6. The van der Waals surface area contributed by atoms with Crippen molar-refractivity contribution in [2.24, 2.45) is 0 Å². The lowest BCUT2D eigenvalue weighted by Crippen LogP contribution is -2.01. The van der Waals surface area contributed by atoms with E-state index < -0.39 is 0 Å². The highest BCUT2D eigenvalue weighted by Crippen LogP contribution is 2.44. The van der Waals surface area contributed by atoms with Gasteiger partial charge in [-0.05, 0) is 48.9 Å². The summed E-state index contributed by atoms with van der Waals surface area (Å²) in [5.74, 6) is 2.48. The molecule has 0 aliphatic carbocycles. The van der Waals surface area contributed by atoms with Gasteiger partial charge in [0, 0.05) is 23.8 Å². The number of fused-ring (bicyclic) bond motifs is 1. The Kier molecular flexibility index (Phi) is 7.94. The molecule has 0 amide bonds. The Morgan fingerprint density at radius 1 is 1.17 bits per heavy atom. The van der Waals surface area contributed by atoms with E-state index in [1.54, 1.807) is 18.9 Å². The van der Waals surface area contributed by atoms with Crippen LogP contribution in [0.4, 0.5) is 0 Å². The average molecular weight is 449 g/mol. The number of carbonyl (C=O) groups excluding carboxylic acids is 1. The van der Waals surface area contributed by atoms with E-state index in [1.165, 1.54) is 7.11 Å². The molecule has 30 heavy (non-hydrogen) atoms. The summed E-state index contributed by atoms with van der Waals surface area (Å²) in [6, 6.07) is 11.7. The van der Waals surface area contributed by atoms with Gasteiger partial charge in [-0.3, -0.25) is 4.79 Å². The van der Waals surface area contributed by atoms with Crippen molar-refractivity contribution in [1.82, 2.24) is 0 Å². The van der Waals surface area contributed by atoms with Crippen LogP contribution >= 0.6 is 23.4 Å². The number of carbonyl (C=O) groups is 1. The maximum absolute atomic E-state index is 11.5. The molecule has 0 aliphatic rings. The number of esters is 1. The van der Waals surface area contributed by atoms with Crippen LogP contribution in [0.2, 0.25) is 0 Å². The van der Waals surface area contributed by atoms with E-state index in [1.807, 2.05) is 36.6 Å². The van der Waals surface area contributed by atoms with Gasteiger partial charge in [-0.15, -0.1) is 23.4 Å². The third-order valence-electron chi connectivity index (χ3n) is 4.73. The van der Waals surface area contributed by atoms with Gasteiger partial charge in [0.1, 0.15) is 17.1 Å². The lowest BCUT2D eigenvalue weighted by atomic mass is 10.1. The Balaban J connectivity index is 2.02. The fraction of sp³-hybridized carbons (Fsp3) is 0.348. The fourth-order valence-corrected chi connectivity index (χ4v) is 4.00. The van der Waals surface area contributed by atoms with Crippen LogP contribution in [-0.4, -0.2) is 38.9 Å². The number of aryl methyl sites for hydroxylation is 1. The van der Waals surface area contributed by atoms with Crippen molar-refractivity contribution in [2.75, 3.05) is 33.0 Å². The Morgan fingerprint density at radius 3 is 2.70 bits per heavy atom. The van der Waals surface area contributed by atoms with Gasteiger partial charge in [0.25, 0.3) is 0 Å². The van der Waals surface area contributed by atoms with Crippen LogP contribution in [-0.2, 0) is 16.0 Å². The molecule has 0 saturated carbocycles. The monoisotopic (exact) mass is 448 g/mol. The first kappa shape index (κ1) is 22.4. The van der Waals surface area contributed by atoms with E-state index in [9.17, 15) is 4.79 Å². The molecule has 1 heterocycles. The smallest absolute Gasteiger partial charge is 0.305 e. The molecule has 0 spiro atoms. The minimum Gasteiger partial charge on any atom is -0.497 e. The number of thioether (sulfide) groups is 1. The maximum atomic E-state index is 11.5. The van der Waals surface area contributed by atoms with Crippen molar-refractivity contribution in [3.63, 3.8) is 0 Å². The second-order valence-corrected chi connectivity index (χ2v) is 7.82. The second-order valence-electron chi connectivity index (χ2n) is 6.62. The predicted molar refractivity (Wildman–Crippen MR) is 121 cm³/mol. The van der Waals surface area contributed by atoms with Gasteiger partial charge in [-0.25, -0.2) is 0 Å². The van der Waals surface area contributed by atoms with Crippen molar-refractivity contribution in [3.8, 4) is 22.8 Å². The Morgan fingerprint density at radius 2 is 2.00 bits per heavy atom. The lowest BCUT2D eigenvalue weighted by molar-refractivity contribution is -0.140. The van der Waals surface area contributed by atoms with Gasteiger partial charge in [-0.2, -0.15) is 0 Å². The van der Waals surface area contributed by atoms with Gasteiger partial charge in [0.05, 0.1) is 31.3 Å². The van der Waals surface area contributed by atoms with Crippen LogP contribution in [0.1, 0.15) is 18.4 Å². The number of halogens is 1. The summed E-state index contributed by atoms with van der Waals surface area (Å²) < 4.78 is 22.3. The Labute approximate surface area is 185 Å². The zero-order chi connectivity index (χ0) is 21.5. The minimum atomic E-state index is -0.218. The molecule has 160 valence electrons. The van der Waals surface area contributed by atoms with Gasteiger partial charge in [0.15, 0.2) is 5.76 Å². The molecule has 0 N–H and O–H groups in total. The highest BCUT2D eigenvalue weighted by molar-refractivity contribution is 7.99. The second kappa shape index (κ2) is 10.6. The lowest BCUT2D eigenvalue weighted by Gasteiger charge is -2.12. The number of ether oxygens (including phenoxy) is 3. The minimum absolute atomic E-state index is 0.218. The first-order valence-corrected chi connectivity index (χ1v) is 11.4. The average Bonchev–Trinajstić information content (AvgIpc) is 3.14. The summed E-state index contributed by atoms with van der Waals surface area (Å²) in [5.41, 5.74) is 2.71. The summed E-state index contributed by atoms with van der Waals surface area (Å²) >= 11 is 7.42. The number of hydrogen-bond donors (Lipinski definition) is 0. The molecule has 5 nitrogen and oxygen atoms in total. The van der Waals surface area contributed by atoms with Crippen LogP contribution < -0.4 is 9.47 Å². The van der Waals surface area contributed by atoms with E-state index >= 15 is 0 Å². The molecular formula is C23H25ClO5S. The summed E-state index contributed by atoms with van der Waals surface area (Å²) in [5, 5.41) is 1.02. The molecule has 0 atom stereocenters. The molecule has 2 aromatic carbocycles. The topological polar surface area (TPSA) is 57.9 Å². The maximum Gasteiger partial charge on any atom is 0.305 e. The van der Waals surface area contributed by atoms with Gasteiger partial charge >= 0.3 is 5.97 Å². The molecule has 0 aliphatic heterocycles. The summed E-state index contributed by atoms with van der Waals surface area (Å²) in [6.07, 6.45) is 3.73. The van der Waals surface area contributed by atoms with E-state index in [2.05, 4.69) is 6.07 Å². The number of benzene rings is 2. The molecule has 0 fully saturated rings. The van der Waals surface area contributed by atoms with Crippen molar-refractivity contribution in [1.29, 1.82) is 0 Å². The normalized spacial score (nSPS) is 10.9. The standard InChI is InChI=1S/C23H25ClO5S/c1-26-16-7-8-17(20(14-16)28-12-4-11-24)22-23(30-3)18-13-15(5-9-19(18)29-22)6-10-21(25)27-2/h5,7-9,13-14H,4,6,10-12H2,1-3H3. The zero-order valence-corrected chi connectivity index (χ0v) is 18.9. The van der Waals surface area contributed by atoms with Gasteiger partial charge in [0.2, 0.25) is 0 Å². The molecule has 3 rings (SSSR count). The van der Waals surface area contributed by atoms with E-state index in [-0.39, 0.29) is 5.97 Å². The zero-order valence-electron chi connectivity index (χ0n) is 17.3. The summed E-state index contributed by atoms with van der Waals surface area (Å²) in [6.45, 7) is 0.510. The molecular weight excluding hydrogens is 424 g/mol. The van der Waals surface area contributed by atoms with Crippen LogP contribution in [0.5, 0.6) is 11.5 Å². The molecule has 0 radical (unpaired) electrons. The Bertz CT molecular complexity index is 1010. The molecule has 0 unspecified atom stereocenters. The molecule has 1 aromatic heterocycles. The highest BCUT2D eigenvalue weighted by Gasteiger charge is 2.20. The first-order valence-electron chi connectivity index (χ1n) is 9.64. The van der Waals surface area contributed by atoms with Crippen LogP contribution in [0.25, 0.3) is 22.3 Å². The van der Waals surface area contributed by atoms with E-state index in [0.29, 0.717) is 36.8 Å². The molecule has 7 heteroatoms. The molecule has 0 bridgehead atoms. The number of alkyl halides is 1. The van der Waals surface area contributed by atoms with Crippen molar-refractivity contribution >= 4 is 40.3 Å². The van der Waals surface area contributed by atoms with E-state index in [4.69, 9.17) is 30.2 Å².